The third kappa shape index (κ3) is 5.57. The highest BCUT2D eigenvalue weighted by Crippen LogP contribution is 2.22. The highest BCUT2D eigenvalue weighted by molar-refractivity contribution is 6.31. The van der Waals surface area contributed by atoms with Crippen LogP contribution in [-0.4, -0.2) is 17.5 Å². The van der Waals surface area contributed by atoms with Gasteiger partial charge in [0, 0.05) is 6.42 Å². The van der Waals surface area contributed by atoms with Crippen LogP contribution in [0.2, 0.25) is 5.02 Å². The van der Waals surface area contributed by atoms with E-state index in [1.165, 1.54) is 18.2 Å². The summed E-state index contributed by atoms with van der Waals surface area (Å²) in [6.07, 6.45) is -0.147. The molecule has 0 aliphatic carbocycles. The molecule has 20 heavy (non-hydrogen) atoms. The van der Waals surface area contributed by atoms with Crippen molar-refractivity contribution in [2.45, 2.75) is 39.2 Å². The van der Waals surface area contributed by atoms with Gasteiger partial charge < -0.3 is 10.1 Å². The molecule has 1 N–H and O–H groups in total. The molecule has 0 saturated carbocycles. The van der Waals surface area contributed by atoms with E-state index >= 15 is 0 Å². The molecule has 0 aliphatic heterocycles. The number of hydrogen-bond acceptors (Lipinski definition) is 3. The van der Waals surface area contributed by atoms with Gasteiger partial charge in [0.05, 0.1) is 17.1 Å². The fraction of sp³-hybridized carbons (Fsp3) is 0.429. The molecule has 0 saturated heterocycles. The van der Waals surface area contributed by atoms with Crippen molar-refractivity contribution in [3.05, 3.63) is 29.0 Å². The number of ether oxygens (including phenoxy) is 1. The number of esters is 1. The standard InChI is InChI=1S/C14H17ClFNO3/c1-14(2,3)20-12(19)8-7-11(18)17-10-6-4-5-9(15)13(10)16/h4-6H,7-8H2,1-3H3,(H,17,18). The molecule has 0 radical (unpaired) electrons. The maximum Gasteiger partial charge on any atom is 0.306 e. The molecule has 1 rings (SSSR count). The monoisotopic (exact) mass is 301 g/mol. The van der Waals surface area contributed by atoms with Gasteiger partial charge in [0.1, 0.15) is 5.60 Å². The van der Waals surface area contributed by atoms with Crippen molar-refractivity contribution < 1.29 is 18.7 Å². The van der Waals surface area contributed by atoms with Crippen LogP contribution in [0.15, 0.2) is 18.2 Å². The number of rotatable bonds is 4. The molecule has 1 aromatic rings. The van der Waals surface area contributed by atoms with Crippen LogP contribution >= 0.6 is 11.6 Å². The third-order valence-corrected chi connectivity index (χ3v) is 2.49. The Labute approximate surface area is 122 Å². The fourth-order valence-corrected chi connectivity index (χ4v) is 1.60. The Hall–Kier alpha value is -1.62. The van der Waals surface area contributed by atoms with Crippen molar-refractivity contribution in [2.75, 3.05) is 5.32 Å². The Morgan fingerprint density at radius 3 is 2.55 bits per heavy atom. The summed E-state index contributed by atoms with van der Waals surface area (Å²) in [7, 11) is 0. The van der Waals surface area contributed by atoms with Crippen molar-refractivity contribution in [2.24, 2.45) is 0 Å². The largest absolute Gasteiger partial charge is 0.460 e. The topological polar surface area (TPSA) is 55.4 Å². The summed E-state index contributed by atoms with van der Waals surface area (Å²) in [5, 5.41) is 2.29. The zero-order valence-electron chi connectivity index (χ0n) is 11.6. The maximum atomic E-state index is 13.5. The molecule has 1 aromatic carbocycles. The smallest absolute Gasteiger partial charge is 0.306 e. The van der Waals surface area contributed by atoms with E-state index in [0.717, 1.165) is 0 Å². The number of carbonyl (C=O) groups is 2. The number of halogens is 2. The Morgan fingerprint density at radius 1 is 1.30 bits per heavy atom. The summed E-state index contributed by atoms with van der Waals surface area (Å²) < 4.78 is 18.6. The minimum absolute atomic E-state index is 0.00770. The predicted octanol–water partition coefficient (Wildman–Crippen LogP) is 3.54. The summed E-state index contributed by atoms with van der Waals surface area (Å²) >= 11 is 5.60. The molecular weight excluding hydrogens is 285 g/mol. The van der Waals surface area contributed by atoms with E-state index in [0.29, 0.717) is 0 Å². The Morgan fingerprint density at radius 2 is 1.95 bits per heavy atom. The second kappa shape index (κ2) is 6.70. The first kappa shape index (κ1) is 16.4. The molecule has 0 aliphatic rings. The van der Waals surface area contributed by atoms with Gasteiger partial charge in [0.15, 0.2) is 5.82 Å². The molecule has 0 spiro atoms. The predicted molar refractivity (Wildman–Crippen MR) is 75.1 cm³/mol. The summed E-state index contributed by atoms with van der Waals surface area (Å²) in [5.74, 6) is -1.64. The highest BCUT2D eigenvalue weighted by atomic mass is 35.5. The quantitative estimate of drug-likeness (QED) is 0.865. The molecular formula is C14H17ClFNO3. The normalized spacial score (nSPS) is 11.1. The molecule has 0 aromatic heterocycles. The van der Waals surface area contributed by atoms with Gasteiger partial charge >= 0.3 is 5.97 Å². The van der Waals surface area contributed by atoms with Crippen LogP contribution in [0.1, 0.15) is 33.6 Å². The lowest BCUT2D eigenvalue weighted by atomic mass is 10.2. The van der Waals surface area contributed by atoms with E-state index in [1.54, 1.807) is 20.8 Å². The second-order valence-electron chi connectivity index (χ2n) is 5.24. The first-order chi connectivity index (χ1) is 9.19. The number of amides is 1. The van der Waals surface area contributed by atoms with Crippen LogP contribution in [0.4, 0.5) is 10.1 Å². The van der Waals surface area contributed by atoms with Crippen molar-refractivity contribution in [1.29, 1.82) is 0 Å². The molecule has 6 heteroatoms. The highest BCUT2D eigenvalue weighted by Gasteiger charge is 2.17. The van der Waals surface area contributed by atoms with Crippen LogP contribution in [0, 0.1) is 5.82 Å². The number of carbonyl (C=O) groups excluding carboxylic acids is 2. The van der Waals surface area contributed by atoms with Gasteiger partial charge in [-0.1, -0.05) is 17.7 Å². The van der Waals surface area contributed by atoms with Crippen molar-refractivity contribution >= 4 is 29.2 Å². The summed E-state index contributed by atoms with van der Waals surface area (Å²) in [6.45, 7) is 5.23. The number of anilines is 1. The lowest BCUT2D eigenvalue weighted by Gasteiger charge is -2.19. The van der Waals surface area contributed by atoms with E-state index < -0.39 is 23.3 Å². The summed E-state index contributed by atoms with van der Waals surface area (Å²) in [4.78, 5) is 23.1. The second-order valence-corrected chi connectivity index (χ2v) is 5.64. The van der Waals surface area contributed by atoms with Gasteiger partial charge in [-0.05, 0) is 32.9 Å². The lowest BCUT2D eigenvalue weighted by Crippen LogP contribution is -2.24. The van der Waals surface area contributed by atoms with Crippen LogP contribution in [-0.2, 0) is 14.3 Å². The zero-order chi connectivity index (χ0) is 15.3. The van der Waals surface area contributed by atoms with Crippen LogP contribution in [0.3, 0.4) is 0 Å². The van der Waals surface area contributed by atoms with Gasteiger partial charge in [-0.15, -0.1) is 0 Å². The lowest BCUT2D eigenvalue weighted by molar-refractivity contribution is -0.155. The molecule has 0 unspecified atom stereocenters. The van der Waals surface area contributed by atoms with E-state index in [9.17, 15) is 14.0 Å². The Balaban J connectivity index is 2.49. The van der Waals surface area contributed by atoms with Crippen LogP contribution in [0.25, 0.3) is 0 Å². The molecule has 110 valence electrons. The minimum Gasteiger partial charge on any atom is -0.460 e. The van der Waals surface area contributed by atoms with E-state index in [-0.39, 0.29) is 23.6 Å². The molecule has 0 heterocycles. The molecule has 1 amide bonds. The van der Waals surface area contributed by atoms with Crippen molar-refractivity contribution in [1.82, 2.24) is 0 Å². The summed E-state index contributed by atoms with van der Waals surface area (Å²) in [6, 6.07) is 4.30. The summed E-state index contributed by atoms with van der Waals surface area (Å²) in [5.41, 5.74) is -0.598. The van der Waals surface area contributed by atoms with Crippen molar-refractivity contribution in [3.63, 3.8) is 0 Å². The van der Waals surface area contributed by atoms with E-state index in [4.69, 9.17) is 16.3 Å². The van der Waals surface area contributed by atoms with Gasteiger partial charge in [0.25, 0.3) is 0 Å². The van der Waals surface area contributed by atoms with Crippen LogP contribution < -0.4 is 5.32 Å². The molecule has 4 nitrogen and oxygen atoms in total. The first-order valence-corrected chi connectivity index (χ1v) is 6.52. The fourth-order valence-electron chi connectivity index (χ4n) is 1.42. The number of hydrogen-bond donors (Lipinski definition) is 1. The van der Waals surface area contributed by atoms with Crippen LogP contribution in [0.5, 0.6) is 0 Å². The minimum atomic E-state index is -0.695. The van der Waals surface area contributed by atoms with E-state index in [2.05, 4.69) is 5.32 Å². The number of nitrogens with one attached hydrogen (secondary N) is 1. The van der Waals surface area contributed by atoms with Gasteiger partial charge in [-0.25, -0.2) is 4.39 Å². The molecule has 0 bridgehead atoms. The zero-order valence-corrected chi connectivity index (χ0v) is 12.4. The van der Waals surface area contributed by atoms with Gasteiger partial charge in [0.2, 0.25) is 5.91 Å². The van der Waals surface area contributed by atoms with E-state index in [1.807, 2.05) is 0 Å². The van der Waals surface area contributed by atoms with Gasteiger partial charge in [-0.3, -0.25) is 9.59 Å². The Kier molecular flexibility index (Phi) is 5.51. The maximum absolute atomic E-state index is 13.5. The average Bonchev–Trinajstić information content (AvgIpc) is 2.30. The SMILES string of the molecule is CC(C)(C)OC(=O)CCC(=O)Nc1cccc(Cl)c1F. The van der Waals surface area contributed by atoms with Crippen molar-refractivity contribution in [3.8, 4) is 0 Å². The van der Waals surface area contributed by atoms with Gasteiger partial charge in [-0.2, -0.15) is 0 Å². The first-order valence-electron chi connectivity index (χ1n) is 6.15. The number of benzene rings is 1. The third-order valence-electron chi connectivity index (χ3n) is 2.20. The molecule has 0 fully saturated rings. The molecule has 0 atom stereocenters. The average molecular weight is 302 g/mol. The Bertz CT molecular complexity index is 512.